The molecule has 0 aromatic heterocycles. The molecule has 0 unspecified atom stereocenters. The minimum Gasteiger partial charge on any atom is -0.303 e. The van der Waals surface area contributed by atoms with Crippen LogP contribution in [0.4, 0.5) is 0 Å². The first-order valence-corrected chi connectivity index (χ1v) is 16.3. The molecule has 0 fully saturated rings. The van der Waals surface area contributed by atoms with E-state index in [1.807, 2.05) is 0 Å². The zero-order valence-electron chi connectivity index (χ0n) is 25.0. The highest BCUT2D eigenvalue weighted by Crippen LogP contribution is 2.15. The van der Waals surface area contributed by atoms with Gasteiger partial charge in [0, 0.05) is 0 Å². The van der Waals surface area contributed by atoms with Crippen LogP contribution in [-0.4, -0.2) is 24.5 Å². The molecule has 0 rings (SSSR count). The lowest BCUT2D eigenvalue weighted by Crippen LogP contribution is -2.27. The number of unbranched alkanes of at least 4 members (excludes halogenated alkanes) is 18. The Kier molecular flexibility index (Phi) is 27.5. The normalized spacial score (nSPS) is 12.0. The van der Waals surface area contributed by atoms with E-state index < -0.39 is 0 Å². The standard InChI is InChI=1S/C33H69N/c1-6-29-34(30-25-21-17-13-9-7-11-15-19-23-27-32(2)3)31-26-22-18-14-10-8-12-16-20-24-28-33(4)5/h32-33H,6-31H2,1-5H3. The highest BCUT2D eigenvalue weighted by Gasteiger charge is 2.04. The van der Waals surface area contributed by atoms with Crippen LogP contribution in [0.5, 0.6) is 0 Å². The van der Waals surface area contributed by atoms with Crippen molar-refractivity contribution in [1.29, 1.82) is 0 Å². The van der Waals surface area contributed by atoms with Crippen LogP contribution in [0, 0.1) is 11.8 Å². The average Bonchev–Trinajstić information content (AvgIpc) is 2.79. The molecule has 0 amide bonds. The largest absolute Gasteiger partial charge is 0.303 e. The fraction of sp³-hybridized carbons (Fsp3) is 1.00. The highest BCUT2D eigenvalue weighted by atomic mass is 15.1. The van der Waals surface area contributed by atoms with E-state index in [9.17, 15) is 0 Å². The summed E-state index contributed by atoms with van der Waals surface area (Å²) < 4.78 is 0. The van der Waals surface area contributed by atoms with E-state index in [4.69, 9.17) is 0 Å². The number of hydrogen-bond acceptors (Lipinski definition) is 1. The van der Waals surface area contributed by atoms with Crippen LogP contribution in [0.3, 0.4) is 0 Å². The lowest BCUT2D eigenvalue weighted by Gasteiger charge is -2.21. The summed E-state index contributed by atoms with van der Waals surface area (Å²) in [6.45, 7) is 15.7. The molecule has 0 aromatic rings. The maximum absolute atomic E-state index is 2.76. The van der Waals surface area contributed by atoms with E-state index in [0.29, 0.717) is 0 Å². The van der Waals surface area contributed by atoms with E-state index in [2.05, 4.69) is 39.5 Å². The predicted octanol–water partition coefficient (Wildman–Crippen LogP) is 11.6. The third-order valence-corrected chi connectivity index (χ3v) is 7.55. The monoisotopic (exact) mass is 480 g/mol. The van der Waals surface area contributed by atoms with Crippen molar-refractivity contribution in [2.75, 3.05) is 19.6 Å². The number of rotatable bonds is 28. The highest BCUT2D eigenvalue weighted by molar-refractivity contribution is 4.59. The topological polar surface area (TPSA) is 3.24 Å². The van der Waals surface area contributed by atoms with Crippen molar-refractivity contribution in [3.63, 3.8) is 0 Å². The Morgan fingerprint density at radius 2 is 0.618 bits per heavy atom. The molecule has 0 heterocycles. The van der Waals surface area contributed by atoms with Crippen molar-refractivity contribution in [3.05, 3.63) is 0 Å². The Bertz CT molecular complexity index is 330. The number of nitrogens with zero attached hydrogens (tertiary/aromatic N) is 1. The van der Waals surface area contributed by atoms with Crippen LogP contribution < -0.4 is 0 Å². The van der Waals surface area contributed by atoms with Crippen molar-refractivity contribution < 1.29 is 0 Å². The smallest absolute Gasteiger partial charge is 0.00187 e. The first-order valence-electron chi connectivity index (χ1n) is 16.3. The molecular weight excluding hydrogens is 410 g/mol. The molecule has 0 saturated heterocycles. The first-order chi connectivity index (χ1) is 16.6. The molecular formula is C33H69N. The number of hydrogen-bond donors (Lipinski definition) is 0. The van der Waals surface area contributed by atoms with E-state index in [1.54, 1.807) is 0 Å². The van der Waals surface area contributed by atoms with Crippen molar-refractivity contribution in [3.8, 4) is 0 Å². The molecule has 0 saturated carbocycles. The molecule has 34 heavy (non-hydrogen) atoms. The van der Waals surface area contributed by atoms with Crippen LogP contribution >= 0.6 is 0 Å². The molecule has 206 valence electrons. The molecule has 0 aromatic carbocycles. The van der Waals surface area contributed by atoms with Gasteiger partial charge in [-0.1, -0.05) is 163 Å². The summed E-state index contributed by atoms with van der Waals surface area (Å²) in [7, 11) is 0. The molecule has 0 bridgehead atoms. The molecule has 0 N–H and O–H groups in total. The van der Waals surface area contributed by atoms with Gasteiger partial charge in [-0.2, -0.15) is 0 Å². The minimum absolute atomic E-state index is 0.891. The average molecular weight is 480 g/mol. The van der Waals surface area contributed by atoms with Crippen molar-refractivity contribution in [2.24, 2.45) is 11.8 Å². The van der Waals surface area contributed by atoms with Crippen molar-refractivity contribution >= 4 is 0 Å². The zero-order chi connectivity index (χ0) is 25.1. The van der Waals surface area contributed by atoms with Gasteiger partial charge in [-0.25, -0.2) is 0 Å². The summed E-state index contributed by atoms with van der Waals surface area (Å²) in [5.74, 6) is 1.78. The SMILES string of the molecule is CCCN(CCCCCCCCCCCCC(C)C)CCCCCCCCCCCCC(C)C. The van der Waals surface area contributed by atoms with E-state index in [0.717, 1.165) is 11.8 Å². The third-order valence-electron chi connectivity index (χ3n) is 7.55. The summed E-state index contributed by atoms with van der Waals surface area (Å²) in [5.41, 5.74) is 0. The second kappa shape index (κ2) is 27.5. The molecule has 0 aliphatic rings. The van der Waals surface area contributed by atoms with Crippen molar-refractivity contribution in [2.45, 2.75) is 182 Å². The molecule has 0 aliphatic heterocycles. The maximum atomic E-state index is 2.76. The maximum Gasteiger partial charge on any atom is -0.00187 e. The summed E-state index contributed by atoms with van der Waals surface area (Å²) in [4.78, 5) is 2.76. The first kappa shape index (κ1) is 34.0. The van der Waals surface area contributed by atoms with Gasteiger partial charge in [0.05, 0.1) is 0 Å². The molecule has 0 spiro atoms. The van der Waals surface area contributed by atoms with Crippen LogP contribution in [0.1, 0.15) is 182 Å². The van der Waals surface area contributed by atoms with Gasteiger partial charge in [-0.15, -0.1) is 0 Å². The van der Waals surface area contributed by atoms with Crippen LogP contribution in [0.2, 0.25) is 0 Å². The third kappa shape index (κ3) is 28.2. The lowest BCUT2D eigenvalue weighted by atomic mass is 10.0. The molecule has 1 heteroatoms. The van der Waals surface area contributed by atoms with Crippen LogP contribution in [0.15, 0.2) is 0 Å². The molecule has 0 aliphatic carbocycles. The Morgan fingerprint density at radius 3 is 0.882 bits per heavy atom. The van der Waals surface area contributed by atoms with Gasteiger partial charge >= 0.3 is 0 Å². The van der Waals surface area contributed by atoms with Gasteiger partial charge in [0.2, 0.25) is 0 Å². The van der Waals surface area contributed by atoms with E-state index in [-0.39, 0.29) is 0 Å². The Labute approximate surface area is 218 Å². The second-order valence-corrected chi connectivity index (χ2v) is 12.3. The van der Waals surface area contributed by atoms with Crippen LogP contribution in [-0.2, 0) is 0 Å². The fourth-order valence-corrected chi connectivity index (χ4v) is 5.26. The fourth-order valence-electron chi connectivity index (χ4n) is 5.26. The van der Waals surface area contributed by atoms with Crippen molar-refractivity contribution in [1.82, 2.24) is 4.90 Å². The zero-order valence-corrected chi connectivity index (χ0v) is 25.0. The van der Waals surface area contributed by atoms with Gasteiger partial charge in [0.15, 0.2) is 0 Å². The summed E-state index contributed by atoms with van der Waals surface area (Å²) in [5, 5.41) is 0. The minimum atomic E-state index is 0.891. The summed E-state index contributed by atoms with van der Waals surface area (Å²) in [6.07, 6.45) is 33.4. The lowest BCUT2D eigenvalue weighted by molar-refractivity contribution is 0.260. The van der Waals surface area contributed by atoms with Gasteiger partial charge < -0.3 is 4.90 Å². The summed E-state index contributed by atoms with van der Waals surface area (Å²) >= 11 is 0. The van der Waals surface area contributed by atoms with Crippen LogP contribution in [0.25, 0.3) is 0 Å². The Morgan fingerprint density at radius 1 is 0.353 bits per heavy atom. The Balaban J connectivity index is 3.41. The van der Waals surface area contributed by atoms with E-state index in [1.165, 1.54) is 167 Å². The molecule has 0 radical (unpaired) electrons. The van der Waals surface area contributed by atoms with Gasteiger partial charge in [-0.05, 0) is 50.7 Å². The Hall–Kier alpha value is -0.0400. The molecule has 0 atom stereocenters. The predicted molar refractivity (Wildman–Crippen MR) is 158 cm³/mol. The van der Waals surface area contributed by atoms with Gasteiger partial charge in [0.25, 0.3) is 0 Å². The molecule has 1 nitrogen and oxygen atoms in total. The van der Waals surface area contributed by atoms with Gasteiger partial charge in [-0.3, -0.25) is 0 Å². The summed E-state index contributed by atoms with van der Waals surface area (Å²) in [6, 6.07) is 0. The van der Waals surface area contributed by atoms with Gasteiger partial charge in [0.1, 0.15) is 0 Å². The van der Waals surface area contributed by atoms with E-state index >= 15 is 0 Å². The second-order valence-electron chi connectivity index (χ2n) is 12.3. The quantitative estimate of drug-likeness (QED) is 0.101.